The Kier molecular flexibility index (Phi) is 20.1. The van der Waals surface area contributed by atoms with Crippen LogP contribution in [-0.2, 0) is 25.0 Å². The number of H-pyrrole nitrogens is 1. The number of nitrogens with zero attached hydrogens (tertiary/aromatic N) is 9. The van der Waals surface area contributed by atoms with Crippen LogP contribution >= 0.6 is 7.60 Å². The number of fused-ring (bicyclic) bond motifs is 3. The van der Waals surface area contributed by atoms with Gasteiger partial charge >= 0.3 is 19.7 Å². The van der Waals surface area contributed by atoms with E-state index in [-0.39, 0.29) is 49.6 Å². The van der Waals surface area contributed by atoms with E-state index in [2.05, 4.69) is 45.0 Å². The van der Waals surface area contributed by atoms with Crippen LogP contribution in [0.5, 0.6) is 34.5 Å². The van der Waals surface area contributed by atoms with Crippen molar-refractivity contribution in [3.8, 4) is 34.5 Å². The summed E-state index contributed by atoms with van der Waals surface area (Å²) >= 11 is 0. The number of nitrogens with one attached hydrogen (secondary N) is 2. The molecule has 0 unspecified atom stereocenters. The van der Waals surface area contributed by atoms with Gasteiger partial charge in [0, 0.05) is 87.0 Å². The van der Waals surface area contributed by atoms with E-state index in [1.807, 2.05) is 67.6 Å². The summed E-state index contributed by atoms with van der Waals surface area (Å²) in [6, 6.07) is 27.3. The quantitative estimate of drug-likeness (QED) is 0.0764. The van der Waals surface area contributed by atoms with Gasteiger partial charge in [0.15, 0.2) is 40.8 Å². The lowest BCUT2D eigenvalue weighted by molar-refractivity contribution is 0.0941. The van der Waals surface area contributed by atoms with Crippen LogP contribution in [0.1, 0.15) is 25.0 Å². The van der Waals surface area contributed by atoms with Crippen LogP contribution < -0.4 is 44.4 Å². The second kappa shape index (κ2) is 27.9. The minimum absolute atomic E-state index is 0.0376. The molecule has 2 aliphatic heterocycles. The average Bonchev–Trinajstić information content (AvgIpc) is 3.56. The third-order valence-electron chi connectivity index (χ3n) is 13.2. The normalized spacial score (nSPS) is 13.4. The van der Waals surface area contributed by atoms with Crippen molar-refractivity contribution in [3.63, 3.8) is 0 Å². The van der Waals surface area contributed by atoms with Crippen LogP contribution in [0.25, 0.3) is 32.7 Å². The van der Waals surface area contributed by atoms with Crippen molar-refractivity contribution < 1.29 is 56.7 Å². The molecule has 432 valence electrons. The van der Waals surface area contributed by atoms with Crippen molar-refractivity contribution in [1.82, 2.24) is 39.7 Å². The van der Waals surface area contributed by atoms with Gasteiger partial charge in [-0.1, -0.05) is 48.0 Å². The van der Waals surface area contributed by atoms with E-state index in [0.29, 0.717) is 103 Å². The van der Waals surface area contributed by atoms with Gasteiger partial charge in [-0.05, 0) is 56.7 Å². The minimum Gasteiger partial charge on any atom is -0.504 e. The predicted octanol–water partition coefficient (Wildman–Crippen LogP) is 8.65. The highest BCUT2D eigenvalue weighted by Gasteiger charge is 2.28. The maximum absolute atomic E-state index is 12.8. The number of carbonyl (C=O) groups is 2. The molecule has 8 aromatic rings. The van der Waals surface area contributed by atoms with E-state index in [9.17, 15) is 24.1 Å². The standard InChI is InChI=1S/C26H34N5O6P.C21H22N4O4.C10H10N2O3/c1-5-36-38(33,37-6-2)18-35-24-16-22-21(15-23(24)34-4)25(28-17-27-22)30-11-13-31(14-12-30)26(32)29-20-9-7-19(3)8-10-20;1-28-19-11-16-17(12-18(19)26)22-14-23-20(16)24-7-9-25(10-8-24)21(27)29-13-15-5-3-2-4-6-15;1-14-8-3-6-7(4-9(8)15-2)11-5-12-10(6)13/h7-10,15-17H,5-6,11-14,18H2,1-4H3,(H,29,32);2-6,11-12,14,26H,7-10,13H2,1H3;3-5H,1-2H3,(H,11,12,13). The number of rotatable bonds is 16. The van der Waals surface area contributed by atoms with Gasteiger partial charge in [0.1, 0.15) is 30.9 Å². The van der Waals surface area contributed by atoms with Gasteiger partial charge in [-0.25, -0.2) is 34.5 Å². The fourth-order valence-electron chi connectivity index (χ4n) is 8.97. The van der Waals surface area contributed by atoms with Crippen LogP contribution in [0.4, 0.5) is 26.9 Å². The number of aromatic nitrogens is 6. The summed E-state index contributed by atoms with van der Waals surface area (Å²) in [4.78, 5) is 68.4. The number of urea groups is 1. The summed E-state index contributed by atoms with van der Waals surface area (Å²) in [6.07, 6.45) is 3.77. The number of phenolic OH excluding ortho intramolecular Hbond substituents is 1. The van der Waals surface area contributed by atoms with E-state index in [1.165, 1.54) is 47.4 Å². The van der Waals surface area contributed by atoms with Crippen molar-refractivity contribution in [2.75, 3.05) is 115 Å². The molecule has 0 radical (unpaired) electrons. The number of benzene rings is 5. The summed E-state index contributed by atoms with van der Waals surface area (Å²) in [5.41, 5.74) is 4.54. The van der Waals surface area contributed by atoms with E-state index in [0.717, 1.165) is 39.2 Å². The van der Waals surface area contributed by atoms with Gasteiger partial charge in [-0.15, -0.1) is 0 Å². The summed E-state index contributed by atoms with van der Waals surface area (Å²) in [5, 5.41) is 15.0. The smallest absolute Gasteiger partial charge is 0.410 e. The van der Waals surface area contributed by atoms with Gasteiger partial charge in [-0.2, -0.15) is 0 Å². The molecule has 0 bridgehead atoms. The molecule has 5 heterocycles. The monoisotopic (exact) mass is 1140 g/mol. The summed E-state index contributed by atoms with van der Waals surface area (Å²) in [7, 11) is 2.70. The SMILES string of the molecule is CCOP(=O)(COc1cc2ncnc(N3CCN(C(=O)Nc4ccc(C)cc4)CC3)c2cc1OC)OCC.COc1cc2c(N3CCN(C(=O)OCc4ccccc4)CC3)ncnc2cc1O.COc1cc2nc[nH]c(=O)c2cc1OC. The number of aromatic amines is 1. The molecule has 2 saturated heterocycles. The van der Waals surface area contributed by atoms with Crippen molar-refractivity contribution >= 4 is 69.8 Å². The molecule has 3 aromatic heterocycles. The van der Waals surface area contributed by atoms with Crippen LogP contribution in [0.3, 0.4) is 0 Å². The lowest BCUT2D eigenvalue weighted by Gasteiger charge is -2.35. The van der Waals surface area contributed by atoms with Crippen molar-refractivity contribution in [3.05, 3.63) is 131 Å². The fourth-order valence-corrected chi connectivity index (χ4v) is 10.3. The molecular weight excluding hydrogens is 1080 g/mol. The van der Waals surface area contributed by atoms with Gasteiger partial charge in [0.2, 0.25) is 0 Å². The molecule has 3 amide bonds. The van der Waals surface area contributed by atoms with Crippen molar-refractivity contribution in [2.45, 2.75) is 27.4 Å². The fraction of sp³-hybridized carbons (Fsp3) is 0.333. The van der Waals surface area contributed by atoms with E-state index in [1.54, 1.807) is 54.0 Å². The molecule has 25 heteroatoms. The first kappa shape index (κ1) is 59.1. The van der Waals surface area contributed by atoms with Crippen LogP contribution in [-0.4, -0.2) is 157 Å². The van der Waals surface area contributed by atoms with Gasteiger partial charge in [0.25, 0.3) is 5.56 Å². The van der Waals surface area contributed by atoms with Gasteiger partial charge in [0.05, 0.1) is 69.9 Å². The van der Waals surface area contributed by atoms with E-state index in [4.69, 9.17) is 37.5 Å². The first-order valence-electron chi connectivity index (χ1n) is 26.3. The first-order chi connectivity index (χ1) is 39.8. The van der Waals surface area contributed by atoms with E-state index < -0.39 is 7.60 Å². The Bertz CT molecular complexity index is 3560. The highest BCUT2D eigenvalue weighted by atomic mass is 31.2. The molecule has 2 fully saturated rings. The molecular formula is C57H66N11O13P. The zero-order valence-electron chi connectivity index (χ0n) is 46.7. The topological polar surface area (TPSA) is 268 Å². The Labute approximate surface area is 473 Å². The number of amides is 3. The number of hydrogen-bond acceptors (Lipinski definition) is 20. The number of methoxy groups -OCH3 is 4. The maximum atomic E-state index is 12.8. The average molecular weight is 1140 g/mol. The van der Waals surface area contributed by atoms with Crippen LogP contribution in [0.15, 0.2) is 115 Å². The Morgan fingerprint density at radius 1 is 0.622 bits per heavy atom. The number of aryl methyl sites for hydroxylation is 1. The van der Waals surface area contributed by atoms with Crippen LogP contribution in [0, 0.1) is 6.92 Å². The summed E-state index contributed by atoms with van der Waals surface area (Å²) in [5.74, 6) is 3.81. The Hall–Kier alpha value is -8.99. The Balaban J connectivity index is 0.000000175. The lowest BCUT2D eigenvalue weighted by Crippen LogP contribution is -2.50. The van der Waals surface area contributed by atoms with Crippen LogP contribution in [0.2, 0.25) is 0 Å². The first-order valence-corrected chi connectivity index (χ1v) is 28.0. The largest absolute Gasteiger partial charge is 0.504 e. The molecule has 0 atom stereocenters. The number of piperazine rings is 2. The second-order valence-corrected chi connectivity index (χ2v) is 20.4. The molecule has 82 heavy (non-hydrogen) atoms. The number of hydrogen-bond donors (Lipinski definition) is 3. The third-order valence-corrected chi connectivity index (χ3v) is 15.0. The molecule has 3 N–H and O–H groups in total. The number of anilines is 3. The molecule has 5 aromatic carbocycles. The number of phenols is 1. The molecule has 0 saturated carbocycles. The number of ether oxygens (including phenoxy) is 6. The van der Waals surface area contributed by atoms with E-state index >= 15 is 0 Å². The second-order valence-electron chi connectivity index (χ2n) is 18.4. The molecule has 0 spiro atoms. The zero-order valence-corrected chi connectivity index (χ0v) is 47.6. The van der Waals surface area contributed by atoms with Crippen molar-refractivity contribution in [1.29, 1.82) is 0 Å². The third kappa shape index (κ3) is 14.7. The molecule has 10 rings (SSSR count). The summed E-state index contributed by atoms with van der Waals surface area (Å²) in [6.45, 7) is 10.9. The predicted molar refractivity (Wildman–Crippen MR) is 310 cm³/mol. The molecule has 0 aliphatic carbocycles. The lowest BCUT2D eigenvalue weighted by atomic mass is 10.2. The Morgan fingerprint density at radius 3 is 1.72 bits per heavy atom. The highest BCUT2D eigenvalue weighted by Crippen LogP contribution is 2.49. The van der Waals surface area contributed by atoms with Crippen molar-refractivity contribution in [2.24, 2.45) is 0 Å². The Morgan fingerprint density at radius 2 is 1.13 bits per heavy atom. The zero-order chi connectivity index (χ0) is 58.2. The molecule has 24 nitrogen and oxygen atoms in total. The van der Waals surface area contributed by atoms with Gasteiger partial charge in [-0.3, -0.25) is 9.36 Å². The summed E-state index contributed by atoms with van der Waals surface area (Å²) < 4.78 is 55.7. The highest BCUT2D eigenvalue weighted by molar-refractivity contribution is 7.53. The maximum Gasteiger partial charge on any atom is 0.410 e. The number of aromatic hydroxyl groups is 1. The van der Waals surface area contributed by atoms with Gasteiger partial charge < -0.3 is 72.5 Å². The minimum atomic E-state index is -3.40. The molecule has 2 aliphatic rings. The number of carbonyl (C=O) groups excluding carboxylic acids is 2.